The summed E-state index contributed by atoms with van der Waals surface area (Å²) in [5.74, 6) is -4.99. The van der Waals surface area contributed by atoms with Gasteiger partial charge in [0.1, 0.15) is 0 Å². The van der Waals surface area contributed by atoms with Gasteiger partial charge in [-0.3, -0.25) is 14.5 Å². The minimum Gasteiger partial charge on any atom is -0.367 e. The van der Waals surface area contributed by atoms with Gasteiger partial charge in [0.15, 0.2) is 11.6 Å². The Kier molecular flexibility index (Phi) is 10.5. The molecule has 226 valence electrons. The molecule has 2 amide bonds. The van der Waals surface area contributed by atoms with E-state index >= 15 is 0 Å². The van der Waals surface area contributed by atoms with Crippen molar-refractivity contribution in [3.05, 3.63) is 58.1 Å². The molecule has 0 aliphatic carbocycles. The van der Waals surface area contributed by atoms with Gasteiger partial charge in [-0.25, -0.2) is 8.78 Å². The number of halogens is 9. The van der Waals surface area contributed by atoms with E-state index < -0.39 is 67.2 Å². The summed E-state index contributed by atoms with van der Waals surface area (Å²) in [7, 11) is 0. The zero-order chi connectivity index (χ0) is 30.5. The van der Waals surface area contributed by atoms with Crippen LogP contribution < -0.4 is 15.5 Å². The van der Waals surface area contributed by atoms with Gasteiger partial charge in [-0.2, -0.15) is 26.3 Å². The molecular weight excluding hydrogens is 588 g/mol. The lowest BCUT2D eigenvalue weighted by Crippen LogP contribution is -2.52. The number of hydrogen-bond acceptors (Lipinski definition) is 4. The maximum atomic E-state index is 14.8. The lowest BCUT2D eigenvalue weighted by Gasteiger charge is -2.41. The molecule has 3 rings (SSSR count). The van der Waals surface area contributed by atoms with E-state index in [0.717, 1.165) is 12.1 Å². The molecule has 2 aromatic rings. The van der Waals surface area contributed by atoms with Crippen LogP contribution in [0.1, 0.15) is 42.1 Å². The Morgan fingerprint density at radius 2 is 1.66 bits per heavy atom. The molecule has 2 aromatic carbocycles. The van der Waals surface area contributed by atoms with Crippen LogP contribution in [0, 0.1) is 11.6 Å². The Bertz CT molecular complexity index is 1260. The second-order valence-corrected chi connectivity index (χ2v) is 10.0. The van der Waals surface area contributed by atoms with E-state index in [2.05, 4.69) is 10.6 Å². The molecule has 0 radical (unpaired) electrons. The summed E-state index contributed by atoms with van der Waals surface area (Å²) in [5.41, 5.74) is -0.395. The third kappa shape index (κ3) is 9.45. The number of carbonyl (C=O) groups excluding carboxylic acids is 2. The minimum absolute atomic E-state index is 0.157. The van der Waals surface area contributed by atoms with Crippen molar-refractivity contribution >= 4 is 34.8 Å². The van der Waals surface area contributed by atoms with Gasteiger partial charge in [0, 0.05) is 55.8 Å². The van der Waals surface area contributed by atoms with Crippen LogP contribution in [-0.2, 0) is 11.3 Å². The molecule has 1 aliphatic rings. The predicted molar refractivity (Wildman–Crippen MR) is 137 cm³/mol. The smallest absolute Gasteiger partial charge is 0.367 e. The molecule has 2 N–H and O–H groups in total. The lowest BCUT2D eigenvalue weighted by atomic mass is 10.1. The summed E-state index contributed by atoms with van der Waals surface area (Å²) in [5, 5.41) is 4.89. The number of anilines is 2. The molecular formula is C26H27ClF8N4O2. The average molecular weight is 615 g/mol. The molecule has 1 heterocycles. The Hall–Kier alpha value is -3.13. The van der Waals surface area contributed by atoms with Crippen LogP contribution in [0.4, 0.5) is 46.5 Å². The number of amides is 2. The largest absolute Gasteiger partial charge is 0.390 e. The summed E-state index contributed by atoms with van der Waals surface area (Å²) in [6.07, 6.45) is -12.0. The first-order valence-electron chi connectivity index (χ1n) is 12.5. The quantitative estimate of drug-likeness (QED) is 0.326. The monoisotopic (exact) mass is 614 g/mol. The normalized spacial score (nSPS) is 16.5. The summed E-state index contributed by atoms with van der Waals surface area (Å²) in [6.45, 7) is 1.96. The van der Waals surface area contributed by atoms with Crippen LogP contribution in [0.5, 0.6) is 0 Å². The molecule has 15 heteroatoms. The van der Waals surface area contributed by atoms with Gasteiger partial charge in [-0.15, -0.1) is 0 Å². The van der Waals surface area contributed by atoms with E-state index in [1.165, 1.54) is 18.2 Å². The number of nitrogens with one attached hydrogen (secondary N) is 2. The van der Waals surface area contributed by atoms with Crippen molar-refractivity contribution < 1.29 is 44.7 Å². The number of alkyl halides is 6. The minimum atomic E-state index is -4.54. The van der Waals surface area contributed by atoms with Gasteiger partial charge < -0.3 is 15.5 Å². The van der Waals surface area contributed by atoms with E-state index in [9.17, 15) is 44.7 Å². The third-order valence-corrected chi connectivity index (χ3v) is 6.75. The van der Waals surface area contributed by atoms with Crippen LogP contribution >= 0.6 is 11.6 Å². The number of piperazine rings is 1. The van der Waals surface area contributed by atoms with Gasteiger partial charge in [-0.1, -0.05) is 17.7 Å². The topological polar surface area (TPSA) is 64.7 Å². The predicted octanol–water partition coefficient (Wildman–Crippen LogP) is 6.29. The lowest BCUT2D eigenvalue weighted by molar-refractivity contribution is -0.144. The van der Waals surface area contributed by atoms with Crippen LogP contribution in [0.15, 0.2) is 30.3 Å². The Morgan fingerprint density at radius 1 is 0.976 bits per heavy atom. The number of hydrogen-bond donors (Lipinski definition) is 2. The first kappa shape index (κ1) is 32.4. The van der Waals surface area contributed by atoms with E-state index in [4.69, 9.17) is 11.6 Å². The summed E-state index contributed by atoms with van der Waals surface area (Å²) < 4.78 is 104. The van der Waals surface area contributed by atoms with Crippen molar-refractivity contribution in [1.82, 2.24) is 10.2 Å². The zero-order valence-electron chi connectivity index (χ0n) is 21.7. The van der Waals surface area contributed by atoms with E-state index in [1.54, 1.807) is 11.8 Å². The summed E-state index contributed by atoms with van der Waals surface area (Å²) >= 11 is 6.14. The number of nitrogens with zero attached hydrogens (tertiary/aromatic N) is 2. The van der Waals surface area contributed by atoms with Crippen molar-refractivity contribution in [3.63, 3.8) is 0 Å². The highest BCUT2D eigenvalue weighted by molar-refractivity contribution is 6.31. The molecule has 1 aliphatic heterocycles. The SMILES string of the molecule is C[C@@H]1CN(c2cc(Cl)ccc2NC(=O)c2ccc(CNC(=O)CCC(F)(F)F)c(F)c2F)CCN1CCC(F)(F)F. The van der Waals surface area contributed by atoms with E-state index in [0.29, 0.717) is 30.3 Å². The van der Waals surface area contributed by atoms with Crippen molar-refractivity contribution in [2.75, 3.05) is 36.4 Å². The Morgan fingerprint density at radius 3 is 2.29 bits per heavy atom. The highest BCUT2D eigenvalue weighted by Crippen LogP contribution is 2.32. The van der Waals surface area contributed by atoms with Crippen LogP contribution in [0.3, 0.4) is 0 Å². The van der Waals surface area contributed by atoms with Crippen LogP contribution in [0.25, 0.3) is 0 Å². The highest BCUT2D eigenvalue weighted by atomic mass is 35.5. The van der Waals surface area contributed by atoms with Gasteiger partial charge in [0.2, 0.25) is 5.91 Å². The molecule has 0 aromatic heterocycles. The molecule has 1 saturated heterocycles. The number of benzene rings is 2. The fourth-order valence-electron chi connectivity index (χ4n) is 4.32. The molecule has 6 nitrogen and oxygen atoms in total. The second-order valence-electron chi connectivity index (χ2n) is 9.60. The van der Waals surface area contributed by atoms with Gasteiger partial charge in [-0.05, 0) is 31.2 Å². The van der Waals surface area contributed by atoms with E-state index in [-0.39, 0.29) is 23.8 Å². The molecule has 0 saturated carbocycles. The number of rotatable bonds is 9. The molecule has 1 atom stereocenters. The fourth-order valence-corrected chi connectivity index (χ4v) is 4.48. The van der Waals surface area contributed by atoms with Gasteiger partial charge in [0.05, 0.1) is 29.8 Å². The number of carbonyl (C=O) groups is 2. The Balaban J connectivity index is 1.69. The van der Waals surface area contributed by atoms with Crippen molar-refractivity contribution in [1.29, 1.82) is 0 Å². The first-order valence-corrected chi connectivity index (χ1v) is 12.9. The molecule has 0 bridgehead atoms. The van der Waals surface area contributed by atoms with Crippen LogP contribution in [-0.4, -0.2) is 61.3 Å². The standard InChI is InChI=1S/C26H27ClF8N4O2/c1-15-14-39(11-10-38(15)9-8-26(33,34)35)20-12-17(27)3-5-19(20)37-24(41)18-4-2-16(22(28)23(18)29)13-36-21(40)6-7-25(30,31)32/h2-5,12,15H,6-11,13-14H2,1H3,(H,36,40)(H,37,41)/t15-/m1/s1. The van der Waals surface area contributed by atoms with Crippen molar-refractivity contribution in [3.8, 4) is 0 Å². The van der Waals surface area contributed by atoms with Crippen molar-refractivity contribution in [2.24, 2.45) is 0 Å². The second kappa shape index (κ2) is 13.2. The van der Waals surface area contributed by atoms with Crippen molar-refractivity contribution in [2.45, 2.75) is 51.1 Å². The Labute approximate surface area is 235 Å². The molecule has 0 spiro atoms. The fraction of sp³-hybridized carbons (Fsp3) is 0.462. The van der Waals surface area contributed by atoms with Gasteiger partial charge in [0.25, 0.3) is 5.91 Å². The first-order chi connectivity index (χ1) is 19.0. The maximum Gasteiger partial charge on any atom is 0.390 e. The zero-order valence-corrected chi connectivity index (χ0v) is 22.5. The molecule has 41 heavy (non-hydrogen) atoms. The highest BCUT2D eigenvalue weighted by Gasteiger charge is 2.32. The third-order valence-electron chi connectivity index (χ3n) is 6.51. The molecule has 1 fully saturated rings. The van der Waals surface area contributed by atoms with Crippen LogP contribution in [0.2, 0.25) is 5.02 Å². The maximum absolute atomic E-state index is 14.8. The summed E-state index contributed by atoms with van der Waals surface area (Å²) in [4.78, 5) is 28.0. The van der Waals surface area contributed by atoms with Gasteiger partial charge >= 0.3 is 12.4 Å². The van der Waals surface area contributed by atoms with E-state index in [1.807, 2.05) is 4.90 Å². The average Bonchev–Trinajstić information content (AvgIpc) is 2.87. The summed E-state index contributed by atoms with van der Waals surface area (Å²) in [6, 6.07) is 6.20. The molecule has 0 unspecified atom stereocenters.